The normalized spacial score (nSPS) is 24.9. The number of hydrogen-bond acceptors (Lipinski definition) is 3. The first-order chi connectivity index (χ1) is 7.96. The Hall–Kier alpha value is -0.120. The van der Waals surface area contributed by atoms with Gasteiger partial charge < -0.3 is 10.5 Å². The smallest absolute Gasteiger partial charge is 0.0502 e. The summed E-state index contributed by atoms with van der Waals surface area (Å²) in [6.07, 6.45) is 3.77. The Balaban J connectivity index is 2.50. The van der Waals surface area contributed by atoms with Crippen LogP contribution in [-0.2, 0) is 4.74 Å². The molecule has 2 atom stereocenters. The molecule has 0 bridgehead atoms. The summed E-state index contributed by atoms with van der Waals surface area (Å²) in [6, 6.07) is 0.537. The number of rotatable bonds is 5. The molecule has 1 aliphatic rings. The van der Waals surface area contributed by atoms with Crippen molar-refractivity contribution in [1.82, 2.24) is 4.90 Å². The van der Waals surface area contributed by atoms with Gasteiger partial charge in [-0.05, 0) is 37.1 Å². The Bertz CT molecular complexity index is 211. The van der Waals surface area contributed by atoms with E-state index in [0.717, 1.165) is 19.7 Å². The Morgan fingerprint density at radius 2 is 2.12 bits per heavy atom. The van der Waals surface area contributed by atoms with Crippen LogP contribution in [0.2, 0.25) is 0 Å². The largest absolute Gasteiger partial charge is 0.384 e. The molecular weight excluding hydrogens is 212 g/mol. The summed E-state index contributed by atoms with van der Waals surface area (Å²) >= 11 is 0. The molecule has 0 saturated carbocycles. The summed E-state index contributed by atoms with van der Waals surface area (Å²) in [5, 5.41) is 0. The molecule has 1 aliphatic heterocycles. The van der Waals surface area contributed by atoms with Crippen molar-refractivity contribution in [2.45, 2.75) is 46.1 Å². The topological polar surface area (TPSA) is 38.5 Å². The van der Waals surface area contributed by atoms with E-state index in [9.17, 15) is 0 Å². The van der Waals surface area contributed by atoms with Crippen LogP contribution in [-0.4, -0.2) is 44.3 Å². The van der Waals surface area contributed by atoms with E-state index in [2.05, 4.69) is 25.7 Å². The predicted molar refractivity (Wildman–Crippen MR) is 73.1 cm³/mol. The number of methoxy groups -OCH3 is 1. The van der Waals surface area contributed by atoms with Crippen LogP contribution in [0.5, 0.6) is 0 Å². The van der Waals surface area contributed by atoms with Crippen LogP contribution in [0, 0.1) is 11.3 Å². The van der Waals surface area contributed by atoms with E-state index < -0.39 is 0 Å². The van der Waals surface area contributed by atoms with Crippen LogP contribution in [0.4, 0.5) is 0 Å². The van der Waals surface area contributed by atoms with E-state index in [1.54, 1.807) is 7.11 Å². The highest BCUT2D eigenvalue weighted by Crippen LogP contribution is 2.26. The summed E-state index contributed by atoms with van der Waals surface area (Å²) in [7, 11) is 1.80. The molecule has 3 heteroatoms. The van der Waals surface area contributed by atoms with E-state index in [-0.39, 0.29) is 0 Å². The van der Waals surface area contributed by atoms with Crippen molar-refractivity contribution in [3.05, 3.63) is 0 Å². The molecule has 1 heterocycles. The molecule has 0 aromatic carbocycles. The number of nitrogens with two attached hydrogens (primary N) is 1. The molecule has 0 aromatic rings. The SMILES string of the molecule is COCC1CCCN(C(CN)CC(C)(C)C)C1. The number of piperidine rings is 1. The monoisotopic (exact) mass is 242 g/mol. The second-order valence-corrected chi connectivity index (χ2v) is 6.61. The van der Waals surface area contributed by atoms with E-state index in [4.69, 9.17) is 10.5 Å². The van der Waals surface area contributed by atoms with Crippen molar-refractivity contribution in [3.8, 4) is 0 Å². The standard InChI is InChI=1S/C14H30N2O/c1-14(2,3)8-13(9-15)16-7-5-6-12(10-16)11-17-4/h12-13H,5-11,15H2,1-4H3. The van der Waals surface area contributed by atoms with Gasteiger partial charge in [-0.25, -0.2) is 0 Å². The first kappa shape index (κ1) is 14.9. The van der Waals surface area contributed by atoms with Gasteiger partial charge >= 0.3 is 0 Å². The lowest BCUT2D eigenvalue weighted by Gasteiger charge is -2.40. The third-order valence-electron chi connectivity index (χ3n) is 3.59. The second-order valence-electron chi connectivity index (χ2n) is 6.61. The van der Waals surface area contributed by atoms with Gasteiger partial charge in [0.1, 0.15) is 0 Å². The fourth-order valence-corrected chi connectivity index (χ4v) is 2.87. The second kappa shape index (κ2) is 6.72. The van der Waals surface area contributed by atoms with E-state index >= 15 is 0 Å². The van der Waals surface area contributed by atoms with Crippen LogP contribution in [0.25, 0.3) is 0 Å². The molecule has 1 rings (SSSR count). The Kier molecular flexibility index (Phi) is 5.90. The van der Waals surface area contributed by atoms with Crippen molar-refractivity contribution in [2.75, 3.05) is 33.4 Å². The van der Waals surface area contributed by atoms with E-state index in [0.29, 0.717) is 17.4 Å². The molecule has 0 aromatic heterocycles. The third-order valence-corrected chi connectivity index (χ3v) is 3.59. The third kappa shape index (κ3) is 5.36. The molecular formula is C14H30N2O. The molecule has 2 N–H and O–H groups in total. The lowest BCUT2D eigenvalue weighted by atomic mass is 9.86. The van der Waals surface area contributed by atoms with Crippen molar-refractivity contribution < 1.29 is 4.74 Å². The summed E-state index contributed by atoms with van der Waals surface area (Å²) in [4.78, 5) is 2.58. The molecule has 0 aliphatic carbocycles. The summed E-state index contributed by atoms with van der Waals surface area (Å²) in [6.45, 7) is 10.9. The Morgan fingerprint density at radius 3 is 2.65 bits per heavy atom. The van der Waals surface area contributed by atoms with Crippen LogP contribution in [0.1, 0.15) is 40.0 Å². The van der Waals surface area contributed by atoms with Crippen LogP contribution >= 0.6 is 0 Å². The van der Waals surface area contributed by atoms with Gasteiger partial charge in [-0.3, -0.25) is 4.90 Å². The van der Waals surface area contributed by atoms with Gasteiger partial charge in [0, 0.05) is 26.2 Å². The lowest BCUT2D eigenvalue weighted by molar-refractivity contribution is 0.0579. The summed E-state index contributed by atoms with van der Waals surface area (Å²) < 4.78 is 5.29. The minimum atomic E-state index is 0.359. The quantitative estimate of drug-likeness (QED) is 0.802. The fourth-order valence-electron chi connectivity index (χ4n) is 2.87. The first-order valence-electron chi connectivity index (χ1n) is 6.89. The number of hydrogen-bond donors (Lipinski definition) is 1. The van der Waals surface area contributed by atoms with E-state index in [1.807, 2.05) is 0 Å². The van der Waals surface area contributed by atoms with Crippen molar-refractivity contribution in [2.24, 2.45) is 17.1 Å². The van der Waals surface area contributed by atoms with Gasteiger partial charge in [0.2, 0.25) is 0 Å². The zero-order valence-electron chi connectivity index (χ0n) is 12.0. The maximum absolute atomic E-state index is 5.96. The van der Waals surface area contributed by atoms with Gasteiger partial charge in [-0.15, -0.1) is 0 Å². The van der Waals surface area contributed by atoms with Gasteiger partial charge in [-0.2, -0.15) is 0 Å². The molecule has 1 fully saturated rings. The van der Waals surface area contributed by atoms with Crippen molar-refractivity contribution >= 4 is 0 Å². The average molecular weight is 242 g/mol. The van der Waals surface area contributed by atoms with Gasteiger partial charge in [0.05, 0.1) is 6.61 Å². The van der Waals surface area contributed by atoms with E-state index in [1.165, 1.54) is 25.8 Å². The predicted octanol–water partition coefficient (Wildman–Crippen LogP) is 2.11. The van der Waals surface area contributed by atoms with Gasteiger partial charge in [0.15, 0.2) is 0 Å². The summed E-state index contributed by atoms with van der Waals surface area (Å²) in [5.74, 6) is 0.697. The molecule has 0 radical (unpaired) electrons. The number of ether oxygens (including phenoxy) is 1. The highest BCUT2D eigenvalue weighted by atomic mass is 16.5. The van der Waals surface area contributed by atoms with Crippen LogP contribution in [0.3, 0.4) is 0 Å². The minimum Gasteiger partial charge on any atom is -0.384 e. The zero-order chi connectivity index (χ0) is 12.9. The summed E-state index contributed by atoms with van der Waals surface area (Å²) in [5.41, 5.74) is 6.32. The molecule has 0 spiro atoms. The highest BCUT2D eigenvalue weighted by molar-refractivity contribution is 4.83. The minimum absolute atomic E-state index is 0.359. The number of likely N-dealkylation sites (tertiary alicyclic amines) is 1. The molecule has 2 unspecified atom stereocenters. The maximum Gasteiger partial charge on any atom is 0.0502 e. The van der Waals surface area contributed by atoms with Crippen LogP contribution < -0.4 is 5.73 Å². The molecule has 0 amide bonds. The first-order valence-corrected chi connectivity index (χ1v) is 6.89. The number of nitrogens with zero attached hydrogens (tertiary/aromatic N) is 1. The average Bonchev–Trinajstić information content (AvgIpc) is 2.25. The lowest BCUT2D eigenvalue weighted by Crippen LogP contribution is -2.48. The Morgan fingerprint density at radius 1 is 1.41 bits per heavy atom. The Labute approximate surface area is 107 Å². The molecule has 1 saturated heterocycles. The van der Waals surface area contributed by atoms with Crippen molar-refractivity contribution in [1.29, 1.82) is 0 Å². The molecule has 3 nitrogen and oxygen atoms in total. The fraction of sp³-hybridized carbons (Fsp3) is 1.00. The zero-order valence-corrected chi connectivity index (χ0v) is 12.0. The van der Waals surface area contributed by atoms with Gasteiger partial charge in [-0.1, -0.05) is 20.8 Å². The molecule has 17 heavy (non-hydrogen) atoms. The maximum atomic E-state index is 5.96. The highest BCUT2D eigenvalue weighted by Gasteiger charge is 2.27. The van der Waals surface area contributed by atoms with Gasteiger partial charge in [0.25, 0.3) is 0 Å². The van der Waals surface area contributed by atoms with Crippen molar-refractivity contribution in [3.63, 3.8) is 0 Å². The molecule has 102 valence electrons. The van der Waals surface area contributed by atoms with Crippen LogP contribution in [0.15, 0.2) is 0 Å².